The van der Waals surface area contributed by atoms with Crippen LogP contribution >= 0.6 is 0 Å². The van der Waals surface area contributed by atoms with Gasteiger partial charge in [0.05, 0.1) is 17.1 Å². The molecule has 21 heavy (non-hydrogen) atoms. The summed E-state index contributed by atoms with van der Waals surface area (Å²) in [5.74, 6) is 0. The lowest BCUT2D eigenvalue weighted by Gasteiger charge is -2.24. The van der Waals surface area contributed by atoms with Crippen molar-refractivity contribution in [2.24, 2.45) is 7.05 Å². The monoisotopic (exact) mass is 285 g/mol. The van der Waals surface area contributed by atoms with Crippen molar-refractivity contribution in [1.29, 1.82) is 0 Å². The van der Waals surface area contributed by atoms with Crippen LogP contribution in [0.15, 0.2) is 12.4 Å². The van der Waals surface area contributed by atoms with Crippen LogP contribution in [0, 0.1) is 20.8 Å². The Hall–Kier alpha value is -1.75. The third kappa shape index (κ3) is 2.70. The minimum Gasteiger partial charge on any atom is -0.290 e. The highest BCUT2D eigenvalue weighted by molar-refractivity contribution is 5.29. The highest BCUT2D eigenvalue weighted by Crippen LogP contribution is 2.36. The quantitative estimate of drug-likeness (QED) is 0.869. The van der Waals surface area contributed by atoms with Crippen molar-refractivity contribution in [2.75, 3.05) is 6.54 Å². The highest BCUT2D eigenvalue weighted by atomic mass is 15.3. The number of aryl methyl sites for hydroxylation is 3. The molecule has 0 saturated carbocycles. The zero-order valence-corrected chi connectivity index (χ0v) is 13.3. The second kappa shape index (κ2) is 5.56. The zero-order chi connectivity index (χ0) is 15.0. The van der Waals surface area contributed by atoms with E-state index in [1.165, 1.54) is 24.1 Å². The largest absolute Gasteiger partial charge is 0.290 e. The van der Waals surface area contributed by atoms with Crippen molar-refractivity contribution >= 4 is 0 Å². The third-order valence-electron chi connectivity index (χ3n) is 4.46. The van der Waals surface area contributed by atoms with Gasteiger partial charge in [0.1, 0.15) is 0 Å². The zero-order valence-electron chi connectivity index (χ0n) is 13.3. The van der Waals surface area contributed by atoms with Gasteiger partial charge in [-0.25, -0.2) is 0 Å². The van der Waals surface area contributed by atoms with Crippen LogP contribution in [0.3, 0.4) is 0 Å². The number of nitrogens with zero attached hydrogens (tertiary/aromatic N) is 5. The van der Waals surface area contributed by atoms with Crippen LogP contribution in [-0.2, 0) is 13.6 Å². The van der Waals surface area contributed by atoms with E-state index < -0.39 is 0 Å². The molecule has 112 valence electrons. The summed E-state index contributed by atoms with van der Waals surface area (Å²) in [5, 5.41) is 4.57. The first-order valence-electron chi connectivity index (χ1n) is 7.58. The fourth-order valence-corrected chi connectivity index (χ4v) is 3.32. The van der Waals surface area contributed by atoms with Gasteiger partial charge in [0.2, 0.25) is 0 Å². The molecule has 0 unspecified atom stereocenters. The third-order valence-corrected chi connectivity index (χ3v) is 4.46. The van der Waals surface area contributed by atoms with Gasteiger partial charge in [-0.3, -0.25) is 19.5 Å². The second-order valence-corrected chi connectivity index (χ2v) is 5.99. The summed E-state index contributed by atoms with van der Waals surface area (Å²) in [6, 6.07) is 0.460. The predicted octanol–water partition coefficient (Wildman–Crippen LogP) is 2.47. The first-order valence-corrected chi connectivity index (χ1v) is 7.58. The molecule has 0 radical (unpaired) electrons. The summed E-state index contributed by atoms with van der Waals surface area (Å²) in [4.78, 5) is 11.4. The average Bonchev–Trinajstić information content (AvgIpc) is 2.98. The SMILES string of the molecule is Cc1cnc(CN2CCC[C@@H]2c2c(C)nn(C)c2C)cn1. The van der Waals surface area contributed by atoms with E-state index in [-0.39, 0.29) is 0 Å². The molecule has 1 fully saturated rings. The second-order valence-electron chi connectivity index (χ2n) is 5.99. The molecule has 0 aliphatic carbocycles. The fourth-order valence-electron chi connectivity index (χ4n) is 3.32. The molecule has 0 spiro atoms. The number of likely N-dealkylation sites (tertiary alicyclic amines) is 1. The molecule has 2 aromatic rings. The summed E-state index contributed by atoms with van der Waals surface area (Å²) in [5.41, 5.74) is 5.85. The Morgan fingerprint density at radius 2 is 2.00 bits per heavy atom. The van der Waals surface area contributed by atoms with Crippen LogP contribution < -0.4 is 0 Å². The van der Waals surface area contributed by atoms with Crippen molar-refractivity contribution in [3.63, 3.8) is 0 Å². The predicted molar refractivity (Wildman–Crippen MR) is 81.8 cm³/mol. The van der Waals surface area contributed by atoms with Crippen molar-refractivity contribution in [2.45, 2.75) is 46.2 Å². The van der Waals surface area contributed by atoms with Crippen molar-refractivity contribution in [3.8, 4) is 0 Å². The molecule has 5 nitrogen and oxygen atoms in total. The van der Waals surface area contributed by atoms with Gasteiger partial charge in [-0.2, -0.15) is 5.10 Å². The van der Waals surface area contributed by atoms with Gasteiger partial charge in [-0.05, 0) is 40.2 Å². The maximum atomic E-state index is 4.57. The van der Waals surface area contributed by atoms with Crippen LogP contribution in [0.2, 0.25) is 0 Å². The molecule has 1 atom stereocenters. The van der Waals surface area contributed by atoms with E-state index in [1.54, 1.807) is 0 Å². The lowest BCUT2D eigenvalue weighted by atomic mass is 10.0. The van der Waals surface area contributed by atoms with E-state index in [4.69, 9.17) is 0 Å². The van der Waals surface area contributed by atoms with Gasteiger partial charge >= 0.3 is 0 Å². The lowest BCUT2D eigenvalue weighted by molar-refractivity contribution is 0.244. The fraction of sp³-hybridized carbons (Fsp3) is 0.562. The number of hydrogen-bond donors (Lipinski definition) is 0. The molecule has 0 bridgehead atoms. The van der Waals surface area contributed by atoms with E-state index in [1.807, 2.05) is 31.0 Å². The van der Waals surface area contributed by atoms with Crippen molar-refractivity contribution < 1.29 is 0 Å². The minimum atomic E-state index is 0.460. The summed E-state index contributed by atoms with van der Waals surface area (Å²) in [7, 11) is 2.02. The Kier molecular flexibility index (Phi) is 3.76. The molecule has 1 saturated heterocycles. The molecule has 1 aliphatic rings. The summed E-state index contributed by atoms with van der Waals surface area (Å²) >= 11 is 0. The van der Waals surface area contributed by atoms with E-state index in [9.17, 15) is 0 Å². The minimum absolute atomic E-state index is 0.460. The average molecular weight is 285 g/mol. The van der Waals surface area contributed by atoms with Gasteiger partial charge in [-0.1, -0.05) is 0 Å². The Morgan fingerprint density at radius 3 is 2.62 bits per heavy atom. The lowest BCUT2D eigenvalue weighted by Crippen LogP contribution is -2.24. The van der Waals surface area contributed by atoms with Gasteiger partial charge in [0.15, 0.2) is 0 Å². The van der Waals surface area contributed by atoms with E-state index in [2.05, 4.69) is 33.8 Å². The van der Waals surface area contributed by atoms with E-state index >= 15 is 0 Å². The van der Waals surface area contributed by atoms with Gasteiger partial charge in [-0.15, -0.1) is 0 Å². The summed E-state index contributed by atoms with van der Waals surface area (Å²) in [6.45, 7) is 8.24. The topological polar surface area (TPSA) is 46.8 Å². The Labute approximate surface area is 126 Å². The smallest absolute Gasteiger partial charge is 0.0727 e. The molecule has 0 amide bonds. The Morgan fingerprint density at radius 1 is 1.19 bits per heavy atom. The van der Waals surface area contributed by atoms with Crippen LogP contribution in [0.1, 0.15) is 47.2 Å². The first kappa shape index (κ1) is 14.2. The van der Waals surface area contributed by atoms with Crippen LogP contribution in [-0.4, -0.2) is 31.2 Å². The Bertz CT molecular complexity index is 629. The molecule has 3 rings (SSSR count). The molecular weight excluding hydrogens is 262 g/mol. The Balaban J connectivity index is 1.84. The molecule has 3 heterocycles. The number of hydrogen-bond acceptors (Lipinski definition) is 4. The van der Waals surface area contributed by atoms with E-state index in [0.717, 1.165) is 30.2 Å². The molecule has 2 aromatic heterocycles. The van der Waals surface area contributed by atoms with Gasteiger partial charge in [0.25, 0.3) is 0 Å². The van der Waals surface area contributed by atoms with Crippen molar-refractivity contribution in [1.82, 2.24) is 24.6 Å². The maximum absolute atomic E-state index is 4.57. The van der Waals surface area contributed by atoms with Gasteiger partial charge < -0.3 is 0 Å². The molecule has 1 aliphatic heterocycles. The normalized spacial score (nSPS) is 19.3. The standard InChI is InChI=1S/C16H23N5/c1-11-8-18-14(9-17-11)10-21-7-5-6-15(21)16-12(2)19-20(4)13(16)3/h8-9,15H,5-7,10H2,1-4H3/t15-/m1/s1. The molecule has 5 heteroatoms. The van der Waals surface area contributed by atoms with Crippen LogP contribution in [0.25, 0.3) is 0 Å². The summed E-state index contributed by atoms with van der Waals surface area (Å²) in [6.07, 6.45) is 6.18. The first-order chi connectivity index (χ1) is 10.1. The van der Waals surface area contributed by atoms with Crippen molar-refractivity contribution in [3.05, 3.63) is 40.7 Å². The van der Waals surface area contributed by atoms with Gasteiger partial charge in [0, 0.05) is 43.3 Å². The van der Waals surface area contributed by atoms with Crippen LogP contribution in [0.4, 0.5) is 0 Å². The molecule has 0 aromatic carbocycles. The summed E-state index contributed by atoms with van der Waals surface area (Å²) < 4.78 is 1.99. The van der Waals surface area contributed by atoms with E-state index in [0.29, 0.717) is 6.04 Å². The number of rotatable bonds is 3. The molecular formula is C16H23N5. The van der Waals surface area contributed by atoms with Crippen LogP contribution in [0.5, 0.6) is 0 Å². The highest BCUT2D eigenvalue weighted by Gasteiger charge is 2.30. The maximum Gasteiger partial charge on any atom is 0.0727 e. The molecule has 0 N–H and O–H groups in total. The number of aromatic nitrogens is 4.